The topological polar surface area (TPSA) is 61.4 Å². The van der Waals surface area contributed by atoms with Crippen molar-refractivity contribution in [2.75, 3.05) is 44.2 Å². The number of thiophene rings is 1. The van der Waals surface area contributed by atoms with Gasteiger partial charge in [-0.05, 0) is 18.1 Å². The monoisotopic (exact) mass is 395 g/mol. The summed E-state index contributed by atoms with van der Waals surface area (Å²) in [6, 6.07) is 12.6. The predicted molar refractivity (Wildman–Crippen MR) is 115 cm³/mol. The van der Waals surface area contributed by atoms with Gasteiger partial charge < -0.3 is 10.2 Å². The van der Waals surface area contributed by atoms with Crippen LogP contribution < -0.4 is 10.2 Å². The van der Waals surface area contributed by atoms with E-state index in [1.165, 1.54) is 10.4 Å². The molecule has 4 rings (SSSR count). The smallest absolute Gasteiger partial charge is 0.234 e. The van der Waals surface area contributed by atoms with Gasteiger partial charge in [0.15, 0.2) is 0 Å². The lowest BCUT2D eigenvalue weighted by atomic mass is 10.2. The van der Waals surface area contributed by atoms with Gasteiger partial charge in [-0.15, -0.1) is 11.3 Å². The minimum absolute atomic E-state index is 0.116. The van der Waals surface area contributed by atoms with Gasteiger partial charge in [-0.2, -0.15) is 0 Å². The van der Waals surface area contributed by atoms with Gasteiger partial charge >= 0.3 is 0 Å². The maximum absolute atomic E-state index is 11.9. The normalized spacial score (nSPS) is 15.1. The Morgan fingerprint density at radius 2 is 1.93 bits per heavy atom. The van der Waals surface area contributed by atoms with E-state index in [0.717, 1.165) is 55.2 Å². The van der Waals surface area contributed by atoms with E-state index in [9.17, 15) is 4.79 Å². The molecule has 0 bridgehead atoms. The summed E-state index contributed by atoms with van der Waals surface area (Å²) in [5, 5.41) is 4.06. The number of nitrogens with zero attached hydrogens (tertiary/aromatic N) is 4. The average Bonchev–Trinajstić information content (AvgIpc) is 3.18. The minimum atomic E-state index is 0.116. The molecule has 7 heteroatoms. The predicted octanol–water partition coefficient (Wildman–Crippen LogP) is 3.01. The van der Waals surface area contributed by atoms with Crippen molar-refractivity contribution in [3.63, 3.8) is 0 Å². The number of rotatable bonds is 6. The second-order valence-electron chi connectivity index (χ2n) is 7.01. The van der Waals surface area contributed by atoms with Crippen LogP contribution in [0.5, 0.6) is 0 Å². The third-order valence-electron chi connectivity index (χ3n) is 4.98. The van der Waals surface area contributed by atoms with Crippen LogP contribution in [0.15, 0.2) is 42.7 Å². The van der Waals surface area contributed by atoms with Crippen LogP contribution in [0.1, 0.15) is 13.3 Å². The van der Waals surface area contributed by atoms with Crippen LogP contribution in [0, 0.1) is 0 Å². The van der Waals surface area contributed by atoms with E-state index in [1.54, 1.807) is 17.7 Å². The Kier molecular flexibility index (Phi) is 5.83. The van der Waals surface area contributed by atoms with E-state index in [4.69, 9.17) is 0 Å². The fraction of sp³-hybridized carbons (Fsp3) is 0.381. The van der Waals surface area contributed by atoms with Crippen molar-refractivity contribution in [1.29, 1.82) is 0 Å². The highest BCUT2D eigenvalue weighted by atomic mass is 32.1. The molecular formula is C21H25N5OS. The Labute approximate surface area is 169 Å². The van der Waals surface area contributed by atoms with Crippen LogP contribution in [-0.4, -0.2) is 60.0 Å². The molecule has 0 saturated carbocycles. The number of benzene rings is 1. The zero-order chi connectivity index (χ0) is 19.3. The molecule has 146 valence electrons. The molecule has 1 aliphatic heterocycles. The van der Waals surface area contributed by atoms with Crippen molar-refractivity contribution >= 4 is 33.3 Å². The van der Waals surface area contributed by atoms with Gasteiger partial charge in [0.25, 0.3) is 0 Å². The molecule has 6 nitrogen and oxygen atoms in total. The first kappa shape index (κ1) is 18.8. The van der Waals surface area contributed by atoms with Crippen LogP contribution >= 0.6 is 11.3 Å². The van der Waals surface area contributed by atoms with Crippen molar-refractivity contribution in [3.8, 4) is 10.4 Å². The van der Waals surface area contributed by atoms with Gasteiger partial charge in [-0.1, -0.05) is 37.3 Å². The Hall–Kier alpha value is -2.51. The van der Waals surface area contributed by atoms with Crippen molar-refractivity contribution in [2.45, 2.75) is 13.3 Å². The standard InChI is InChI=1S/C21H25N5OS/c1-2-8-22-19(27)14-25-9-11-26(12-10-25)20-17-13-18(16-6-4-3-5-7-16)28-21(17)24-15-23-20/h3-7,13,15H,2,8-12,14H2,1H3,(H,22,27). The number of carbonyl (C=O) groups is 1. The number of amides is 1. The highest BCUT2D eigenvalue weighted by Crippen LogP contribution is 2.36. The molecule has 2 aromatic heterocycles. The fourth-order valence-corrected chi connectivity index (χ4v) is 4.48. The summed E-state index contributed by atoms with van der Waals surface area (Å²) in [5.41, 5.74) is 1.21. The van der Waals surface area contributed by atoms with Gasteiger partial charge in [-0.25, -0.2) is 9.97 Å². The Bertz CT molecular complexity index is 934. The first-order valence-electron chi connectivity index (χ1n) is 9.78. The summed E-state index contributed by atoms with van der Waals surface area (Å²) in [5.74, 6) is 1.11. The first-order chi connectivity index (χ1) is 13.7. The molecule has 3 aromatic rings. The SMILES string of the molecule is CCCNC(=O)CN1CCN(c2ncnc3sc(-c4ccccc4)cc23)CC1. The summed E-state index contributed by atoms with van der Waals surface area (Å²) in [6.07, 6.45) is 2.63. The van der Waals surface area contributed by atoms with E-state index in [0.29, 0.717) is 6.54 Å². The van der Waals surface area contributed by atoms with Gasteiger partial charge in [0.1, 0.15) is 17.0 Å². The van der Waals surface area contributed by atoms with Crippen molar-refractivity contribution in [1.82, 2.24) is 20.2 Å². The van der Waals surface area contributed by atoms with Crippen LogP contribution in [0.2, 0.25) is 0 Å². The lowest BCUT2D eigenvalue weighted by molar-refractivity contribution is -0.122. The lowest BCUT2D eigenvalue weighted by Crippen LogP contribution is -2.49. The molecule has 1 amide bonds. The second kappa shape index (κ2) is 8.67. The molecule has 3 heterocycles. The van der Waals surface area contributed by atoms with Gasteiger partial charge in [-0.3, -0.25) is 9.69 Å². The molecule has 0 spiro atoms. The summed E-state index contributed by atoms with van der Waals surface area (Å²) in [7, 11) is 0. The van der Waals surface area contributed by atoms with Gasteiger partial charge in [0.2, 0.25) is 5.91 Å². The maximum atomic E-state index is 11.9. The summed E-state index contributed by atoms with van der Waals surface area (Å²) >= 11 is 1.70. The zero-order valence-corrected chi connectivity index (χ0v) is 16.9. The molecule has 0 unspecified atom stereocenters. The molecule has 0 atom stereocenters. The zero-order valence-electron chi connectivity index (χ0n) is 16.1. The van der Waals surface area contributed by atoms with Crippen LogP contribution in [-0.2, 0) is 4.79 Å². The van der Waals surface area contributed by atoms with Crippen molar-refractivity contribution < 1.29 is 4.79 Å². The fourth-order valence-electron chi connectivity index (χ4n) is 3.48. The largest absolute Gasteiger partial charge is 0.355 e. The second-order valence-corrected chi connectivity index (χ2v) is 8.04. The summed E-state index contributed by atoms with van der Waals surface area (Å²) in [4.78, 5) is 27.8. The van der Waals surface area contributed by atoms with E-state index < -0.39 is 0 Å². The molecule has 1 aromatic carbocycles. The molecule has 1 aliphatic rings. The van der Waals surface area contributed by atoms with Crippen molar-refractivity contribution in [2.24, 2.45) is 0 Å². The van der Waals surface area contributed by atoms with E-state index in [1.807, 2.05) is 6.07 Å². The van der Waals surface area contributed by atoms with E-state index >= 15 is 0 Å². The molecule has 0 radical (unpaired) electrons. The van der Waals surface area contributed by atoms with E-state index in [2.05, 4.69) is 62.3 Å². The number of anilines is 1. The van der Waals surface area contributed by atoms with E-state index in [-0.39, 0.29) is 5.91 Å². The highest BCUT2D eigenvalue weighted by Gasteiger charge is 2.22. The number of nitrogens with one attached hydrogen (secondary N) is 1. The van der Waals surface area contributed by atoms with Crippen LogP contribution in [0.3, 0.4) is 0 Å². The average molecular weight is 396 g/mol. The van der Waals surface area contributed by atoms with Crippen molar-refractivity contribution in [3.05, 3.63) is 42.7 Å². The lowest BCUT2D eigenvalue weighted by Gasteiger charge is -2.35. The number of hydrogen-bond donors (Lipinski definition) is 1. The highest BCUT2D eigenvalue weighted by molar-refractivity contribution is 7.21. The summed E-state index contributed by atoms with van der Waals surface area (Å²) in [6.45, 7) is 6.74. The number of fused-ring (bicyclic) bond motifs is 1. The van der Waals surface area contributed by atoms with Crippen LogP contribution in [0.25, 0.3) is 20.7 Å². The first-order valence-corrected chi connectivity index (χ1v) is 10.6. The quantitative estimate of drug-likeness (QED) is 0.695. The third-order valence-corrected chi connectivity index (χ3v) is 6.07. The molecule has 28 heavy (non-hydrogen) atoms. The molecule has 1 fully saturated rings. The number of carbonyl (C=O) groups excluding carboxylic acids is 1. The summed E-state index contributed by atoms with van der Waals surface area (Å²) < 4.78 is 0. The Morgan fingerprint density at radius 1 is 1.14 bits per heavy atom. The minimum Gasteiger partial charge on any atom is -0.355 e. The Balaban J connectivity index is 1.47. The van der Waals surface area contributed by atoms with Gasteiger partial charge in [0.05, 0.1) is 11.9 Å². The van der Waals surface area contributed by atoms with Gasteiger partial charge in [0, 0.05) is 37.6 Å². The molecular weight excluding hydrogens is 370 g/mol. The Morgan fingerprint density at radius 3 is 2.68 bits per heavy atom. The molecule has 0 aliphatic carbocycles. The molecule has 1 saturated heterocycles. The number of aromatic nitrogens is 2. The molecule has 1 N–H and O–H groups in total. The van der Waals surface area contributed by atoms with Crippen LogP contribution in [0.4, 0.5) is 5.82 Å². The third kappa shape index (κ3) is 4.15. The number of piperazine rings is 1. The maximum Gasteiger partial charge on any atom is 0.234 e. The number of hydrogen-bond acceptors (Lipinski definition) is 6.